The third-order valence-electron chi connectivity index (χ3n) is 8.86. The maximum atomic E-state index is 13.6. The van der Waals surface area contributed by atoms with Gasteiger partial charge in [0.2, 0.25) is 5.88 Å². The molecule has 0 N–H and O–H groups in total. The zero-order valence-electron chi connectivity index (χ0n) is 24.9. The smallest absolute Gasteiger partial charge is 0.333 e. The van der Waals surface area contributed by atoms with Crippen molar-refractivity contribution in [3.63, 3.8) is 0 Å². The topological polar surface area (TPSA) is 74.4 Å². The second kappa shape index (κ2) is 12.1. The molecule has 0 saturated carbocycles. The fourth-order valence-electron chi connectivity index (χ4n) is 6.11. The molecule has 1 saturated heterocycles. The summed E-state index contributed by atoms with van der Waals surface area (Å²) in [5, 5.41) is 0.921. The first kappa shape index (κ1) is 28.1. The number of piperidine rings is 1. The molecule has 1 unspecified atom stereocenters. The van der Waals surface area contributed by atoms with Crippen molar-refractivity contribution >= 4 is 21.9 Å². The fourth-order valence-corrected chi connectivity index (χ4v) is 6.11. The molecular weight excluding hydrogens is 526 g/mol. The summed E-state index contributed by atoms with van der Waals surface area (Å²) in [6.45, 7) is 7.84. The van der Waals surface area contributed by atoms with Crippen LogP contribution in [0.1, 0.15) is 44.6 Å². The Morgan fingerprint density at radius 3 is 2.40 bits per heavy atom. The van der Waals surface area contributed by atoms with E-state index in [9.17, 15) is 4.79 Å². The van der Waals surface area contributed by atoms with E-state index in [1.807, 2.05) is 35.9 Å². The Morgan fingerprint density at radius 2 is 1.71 bits per heavy atom. The van der Waals surface area contributed by atoms with Gasteiger partial charge in [0.15, 0.2) is 0 Å². The van der Waals surface area contributed by atoms with Gasteiger partial charge in [-0.05, 0) is 86.7 Å². The highest BCUT2D eigenvalue weighted by molar-refractivity contribution is 6.04. The molecule has 1 aliphatic rings. The zero-order chi connectivity index (χ0) is 29.2. The molecule has 1 atom stereocenters. The molecule has 218 valence electrons. The number of aryl methyl sites for hydroxylation is 1. The number of fused-ring (bicyclic) bond motifs is 3. The van der Waals surface area contributed by atoms with Gasteiger partial charge < -0.3 is 14.4 Å². The van der Waals surface area contributed by atoms with Gasteiger partial charge in [0, 0.05) is 43.4 Å². The first-order valence-corrected chi connectivity index (χ1v) is 14.9. The number of rotatable bonds is 9. The molecule has 8 nitrogen and oxygen atoms in total. The van der Waals surface area contributed by atoms with E-state index in [0.717, 1.165) is 51.8 Å². The molecule has 3 aromatic heterocycles. The van der Waals surface area contributed by atoms with Crippen molar-refractivity contribution in [3.05, 3.63) is 83.0 Å². The van der Waals surface area contributed by atoms with Gasteiger partial charge in [-0.1, -0.05) is 25.1 Å². The number of nitrogens with zero attached hydrogens (tertiary/aromatic N) is 5. The van der Waals surface area contributed by atoms with Crippen LogP contribution < -0.4 is 10.4 Å². The fraction of sp³-hybridized carbons (Fsp3) is 0.382. The Balaban J connectivity index is 1.34. The van der Waals surface area contributed by atoms with E-state index < -0.39 is 0 Å². The number of pyridine rings is 2. The summed E-state index contributed by atoms with van der Waals surface area (Å²) >= 11 is 0. The zero-order valence-corrected chi connectivity index (χ0v) is 24.9. The Morgan fingerprint density at radius 1 is 0.952 bits per heavy atom. The predicted octanol–water partition coefficient (Wildman–Crippen LogP) is 5.94. The summed E-state index contributed by atoms with van der Waals surface area (Å²) in [6, 6.07) is 19.3. The maximum Gasteiger partial charge on any atom is 0.333 e. The minimum absolute atomic E-state index is 0.0847. The number of hydrogen-bond acceptors (Lipinski definition) is 6. The van der Waals surface area contributed by atoms with Crippen LogP contribution in [0.4, 0.5) is 0 Å². The Kier molecular flexibility index (Phi) is 8.09. The lowest BCUT2D eigenvalue weighted by Crippen LogP contribution is -2.39. The van der Waals surface area contributed by atoms with Gasteiger partial charge in [-0.2, -0.15) is 0 Å². The first-order valence-electron chi connectivity index (χ1n) is 14.9. The lowest BCUT2D eigenvalue weighted by atomic mass is 9.88. The quantitative estimate of drug-likeness (QED) is 0.206. The molecule has 8 heteroatoms. The van der Waals surface area contributed by atoms with Gasteiger partial charge in [0.05, 0.1) is 35.0 Å². The van der Waals surface area contributed by atoms with E-state index in [4.69, 9.17) is 9.47 Å². The molecule has 2 aromatic carbocycles. The summed E-state index contributed by atoms with van der Waals surface area (Å²) in [4.78, 5) is 25.4. The average Bonchev–Trinajstić information content (AvgIpc) is 3.30. The van der Waals surface area contributed by atoms with Crippen LogP contribution in [0.25, 0.3) is 38.8 Å². The van der Waals surface area contributed by atoms with Gasteiger partial charge in [-0.15, -0.1) is 0 Å². The normalized spacial score (nSPS) is 15.4. The van der Waals surface area contributed by atoms with Crippen molar-refractivity contribution in [3.8, 4) is 22.7 Å². The van der Waals surface area contributed by atoms with E-state index in [0.29, 0.717) is 31.1 Å². The number of hydrogen-bond donors (Lipinski definition) is 0. The Bertz CT molecular complexity index is 1730. The third-order valence-corrected chi connectivity index (χ3v) is 8.86. The molecule has 0 spiro atoms. The molecule has 0 aliphatic carbocycles. The van der Waals surface area contributed by atoms with E-state index in [1.54, 1.807) is 24.1 Å². The second-order valence-electron chi connectivity index (χ2n) is 11.3. The number of benzene rings is 2. The van der Waals surface area contributed by atoms with Gasteiger partial charge in [-0.3, -0.25) is 14.1 Å². The van der Waals surface area contributed by atoms with Gasteiger partial charge in [0.1, 0.15) is 6.61 Å². The first-order chi connectivity index (χ1) is 20.5. The molecule has 1 fully saturated rings. The number of aromatic nitrogens is 4. The number of imidazole rings is 1. The standard InChI is InChI=1S/C34H39N5O3/c1-5-23(2)38-16-14-25(15-17-38)24-6-10-28(11-7-24)39-33-29-20-26(27-9-13-32(36-21-27)42-19-18-41-4)8-12-30(29)35-22-31(33)37(3)34(39)40/h6-13,20-23,25H,5,14-19H2,1-4H3. The lowest BCUT2D eigenvalue weighted by molar-refractivity contribution is 0.144. The van der Waals surface area contributed by atoms with Crippen LogP contribution in [-0.4, -0.2) is 63.5 Å². The van der Waals surface area contributed by atoms with Crippen molar-refractivity contribution in [2.24, 2.45) is 7.05 Å². The van der Waals surface area contributed by atoms with Gasteiger partial charge in [-0.25, -0.2) is 9.78 Å². The molecule has 5 aromatic rings. The van der Waals surface area contributed by atoms with Gasteiger partial charge >= 0.3 is 5.69 Å². The van der Waals surface area contributed by atoms with Crippen LogP contribution >= 0.6 is 0 Å². The number of methoxy groups -OCH3 is 1. The monoisotopic (exact) mass is 565 g/mol. The SMILES string of the molecule is CCC(C)N1CCC(c2ccc(-n3c(=O)n(C)c4cnc5ccc(-c6ccc(OCCOC)nc6)cc5c43)cc2)CC1. The highest BCUT2D eigenvalue weighted by Gasteiger charge is 2.23. The predicted molar refractivity (Wildman–Crippen MR) is 168 cm³/mol. The molecule has 0 bridgehead atoms. The van der Waals surface area contributed by atoms with Gasteiger partial charge in [0.25, 0.3) is 0 Å². The van der Waals surface area contributed by atoms with Crippen molar-refractivity contribution in [1.82, 2.24) is 24.0 Å². The van der Waals surface area contributed by atoms with Crippen LogP contribution in [0.5, 0.6) is 5.88 Å². The van der Waals surface area contributed by atoms with Crippen molar-refractivity contribution in [2.45, 2.75) is 45.1 Å². The van der Waals surface area contributed by atoms with Crippen LogP contribution in [-0.2, 0) is 11.8 Å². The molecule has 6 rings (SSSR count). The third kappa shape index (κ3) is 5.32. The summed E-state index contributed by atoms with van der Waals surface area (Å²) in [6.07, 6.45) is 7.14. The van der Waals surface area contributed by atoms with Crippen LogP contribution in [0.15, 0.2) is 71.8 Å². The molecule has 4 heterocycles. The van der Waals surface area contributed by atoms with Crippen LogP contribution in [0.3, 0.4) is 0 Å². The Hall–Kier alpha value is -4.01. The minimum Gasteiger partial charge on any atom is -0.475 e. The highest BCUT2D eigenvalue weighted by Crippen LogP contribution is 2.32. The van der Waals surface area contributed by atoms with E-state index in [2.05, 4.69) is 59.0 Å². The molecule has 1 aliphatic heterocycles. The summed E-state index contributed by atoms with van der Waals surface area (Å²) in [5.41, 5.74) is 6.58. The highest BCUT2D eigenvalue weighted by atomic mass is 16.5. The van der Waals surface area contributed by atoms with Crippen molar-refractivity contribution in [1.29, 1.82) is 0 Å². The van der Waals surface area contributed by atoms with Crippen molar-refractivity contribution < 1.29 is 9.47 Å². The van der Waals surface area contributed by atoms with Crippen LogP contribution in [0.2, 0.25) is 0 Å². The maximum absolute atomic E-state index is 13.6. The van der Waals surface area contributed by atoms with E-state index >= 15 is 0 Å². The average molecular weight is 566 g/mol. The summed E-state index contributed by atoms with van der Waals surface area (Å²) in [5.74, 6) is 1.11. The molecular formula is C34H39N5O3. The second-order valence-corrected chi connectivity index (χ2v) is 11.3. The Labute approximate surface area is 246 Å². The van der Waals surface area contributed by atoms with Crippen LogP contribution in [0, 0.1) is 0 Å². The largest absolute Gasteiger partial charge is 0.475 e. The van der Waals surface area contributed by atoms with E-state index in [1.165, 1.54) is 24.8 Å². The molecule has 42 heavy (non-hydrogen) atoms. The lowest BCUT2D eigenvalue weighted by Gasteiger charge is -2.36. The summed E-state index contributed by atoms with van der Waals surface area (Å²) in [7, 11) is 3.45. The molecule has 0 radical (unpaired) electrons. The van der Waals surface area contributed by atoms with Crippen molar-refractivity contribution in [2.75, 3.05) is 33.4 Å². The molecule has 0 amide bonds. The number of ether oxygens (including phenoxy) is 2. The minimum atomic E-state index is -0.0847. The number of likely N-dealkylation sites (tertiary alicyclic amines) is 1. The summed E-state index contributed by atoms with van der Waals surface area (Å²) < 4.78 is 14.2. The van der Waals surface area contributed by atoms with E-state index in [-0.39, 0.29) is 5.69 Å².